The molecule has 1 aliphatic carbocycles. The number of methoxy groups -OCH3 is 1. The number of nitrogens with one attached hydrogen (secondary N) is 1. The molecule has 116 valence electrons. The lowest BCUT2D eigenvalue weighted by Gasteiger charge is -2.25. The second-order valence-corrected chi connectivity index (χ2v) is 6.42. The van der Waals surface area contributed by atoms with Crippen molar-refractivity contribution in [3.05, 3.63) is 34.9 Å². The van der Waals surface area contributed by atoms with Crippen molar-refractivity contribution in [3.8, 4) is 0 Å². The van der Waals surface area contributed by atoms with Crippen LogP contribution in [-0.2, 0) is 24.1 Å². The van der Waals surface area contributed by atoms with Crippen molar-refractivity contribution in [1.82, 2.24) is 10.2 Å². The van der Waals surface area contributed by atoms with Crippen LogP contribution >= 0.6 is 0 Å². The number of nitrogens with zero attached hydrogens (tertiary/aromatic N) is 1. The van der Waals surface area contributed by atoms with E-state index in [9.17, 15) is 0 Å². The molecule has 3 nitrogen and oxygen atoms in total. The zero-order valence-corrected chi connectivity index (χ0v) is 13.2. The zero-order chi connectivity index (χ0) is 14.5. The number of likely N-dealkylation sites (tertiary alicyclic amines) is 1. The van der Waals surface area contributed by atoms with Gasteiger partial charge in [-0.05, 0) is 55.3 Å². The predicted octanol–water partition coefficient (Wildman–Crippen LogP) is 2.38. The number of rotatable bonds is 7. The molecule has 0 saturated carbocycles. The van der Waals surface area contributed by atoms with Gasteiger partial charge in [-0.25, -0.2) is 0 Å². The molecule has 0 spiro atoms. The van der Waals surface area contributed by atoms with Gasteiger partial charge in [-0.1, -0.05) is 18.2 Å². The SMILES string of the molecule is COCCNCC1CCCN1Cc1ccc2c(c1)CCC2. The average molecular weight is 288 g/mol. The van der Waals surface area contributed by atoms with E-state index in [0.29, 0.717) is 6.04 Å². The Morgan fingerprint density at radius 2 is 2.14 bits per heavy atom. The van der Waals surface area contributed by atoms with Crippen molar-refractivity contribution in [3.63, 3.8) is 0 Å². The molecular formula is C18H28N2O. The first-order chi connectivity index (χ1) is 10.4. The summed E-state index contributed by atoms with van der Waals surface area (Å²) in [7, 11) is 1.76. The van der Waals surface area contributed by atoms with E-state index in [1.165, 1.54) is 44.2 Å². The van der Waals surface area contributed by atoms with Crippen LogP contribution in [0, 0.1) is 0 Å². The Morgan fingerprint density at radius 3 is 3.05 bits per heavy atom. The fourth-order valence-electron chi connectivity index (χ4n) is 3.74. The molecule has 1 saturated heterocycles. The topological polar surface area (TPSA) is 24.5 Å². The lowest BCUT2D eigenvalue weighted by atomic mass is 10.1. The summed E-state index contributed by atoms with van der Waals surface area (Å²) in [5, 5.41) is 3.52. The molecule has 1 N–H and O–H groups in total. The number of fused-ring (bicyclic) bond motifs is 1. The van der Waals surface area contributed by atoms with Crippen LogP contribution in [0.25, 0.3) is 0 Å². The van der Waals surface area contributed by atoms with Crippen LogP contribution in [0.3, 0.4) is 0 Å². The Labute approximate surface area is 128 Å². The molecule has 0 radical (unpaired) electrons. The van der Waals surface area contributed by atoms with Gasteiger partial charge in [-0.3, -0.25) is 4.90 Å². The summed E-state index contributed by atoms with van der Waals surface area (Å²) in [4.78, 5) is 2.65. The van der Waals surface area contributed by atoms with Gasteiger partial charge in [0.15, 0.2) is 0 Å². The summed E-state index contributed by atoms with van der Waals surface area (Å²) in [5.41, 5.74) is 4.68. The molecule has 1 unspecified atom stereocenters. The third kappa shape index (κ3) is 3.85. The Morgan fingerprint density at radius 1 is 1.24 bits per heavy atom. The predicted molar refractivity (Wildman–Crippen MR) is 86.6 cm³/mol. The van der Waals surface area contributed by atoms with Crippen molar-refractivity contribution < 1.29 is 4.74 Å². The number of aryl methyl sites for hydroxylation is 2. The molecule has 1 atom stereocenters. The van der Waals surface area contributed by atoms with Crippen LogP contribution in [0.5, 0.6) is 0 Å². The zero-order valence-electron chi connectivity index (χ0n) is 13.2. The van der Waals surface area contributed by atoms with Crippen molar-refractivity contribution in [2.24, 2.45) is 0 Å². The van der Waals surface area contributed by atoms with E-state index in [1.807, 2.05) is 0 Å². The van der Waals surface area contributed by atoms with E-state index >= 15 is 0 Å². The Kier molecular flexibility index (Phi) is 5.28. The van der Waals surface area contributed by atoms with Gasteiger partial charge < -0.3 is 10.1 Å². The standard InChI is InChI=1S/C18H28N2O/c1-21-11-9-19-13-18-6-3-10-20(18)14-15-7-8-16-4-2-5-17(16)12-15/h7-8,12,18-19H,2-6,9-11,13-14H2,1H3. The Hall–Kier alpha value is -0.900. The molecule has 0 amide bonds. The second kappa shape index (κ2) is 7.39. The summed E-state index contributed by atoms with van der Waals surface area (Å²) in [6.45, 7) is 5.21. The highest BCUT2D eigenvalue weighted by Gasteiger charge is 2.24. The van der Waals surface area contributed by atoms with Crippen LogP contribution in [-0.4, -0.2) is 44.3 Å². The number of benzene rings is 1. The molecule has 1 fully saturated rings. The molecule has 1 heterocycles. The highest BCUT2D eigenvalue weighted by molar-refractivity contribution is 5.35. The molecule has 2 aliphatic rings. The molecule has 1 aromatic rings. The van der Waals surface area contributed by atoms with Gasteiger partial charge in [0.25, 0.3) is 0 Å². The van der Waals surface area contributed by atoms with E-state index in [4.69, 9.17) is 4.74 Å². The van der Waals surface area contributed by atoms with Crippen molar-refractivity contribution in [1.29, 1.82) is 0 Å². The van der Waals surface area contributed by atoms with E-state index in [0.717, 1.165) is 26.2 Å². The minimum absolute atomic E-state index is 0.690. The highest BCUT2D eigenvalue weighted by Crippen LogP contribution is 2.25. The molecule has 0 aromatic heterocycles. The molecular weight excluding hydrogens is 260 g/mol. The monoisotopic (exact) mass is 288 g/mol. The fraction of sp³-hybridized carbons (Fsp3) is 0.667. The molecule has 3 heteroatoms. The summed E-state index contributed by atoms with van der Waals surface area (Å²) >= 11 is 0. The Balaban J connectivity index is 1.53. The maximum Gasteiger partial charge on any atom is 0.0587 e. The molecule has 0 bridgehead atoms. The van der Waals surface area contributed by atoms with Gasteiger partial charge in [0.05, 0.1) is 6.61 Å². The first-order valence-corrected chi connectivity index (χ1v) is 8.41. The smallest absolute Gasteiger partial charge is 0.0587 e. The minimum atomic E-state index is 0.690. The minimum Gasteiger partial charge on any atom is -0.383 e. The lowest BCUT2D eigenvalue weighted by molar-refractivity contribution is 0.191. The van der Waals surface area contributed by atoms with Gasteiger partial charge in [0, 0.05) is 32.8 Å². The third-order valence-electron chi connectivity index (χ3n) is 4.91. The molecule has 3 rings (SSSR count). The van der Waals surface area contributed by atoms with Crippen LogP contribution in [0.15, 0.2) is 18.2 Å². The van der Waals surface area contributed by atoms with Gasteiger partial charge in [0.1, 0.15) is 0 Å². The van der Waals surface area contributed by atoms with Gasteiger partial charge in [-0.2, -0.15) is 0 Å². The van der Waals surface area contributed by atoms with Crippen molar-refractivity contribution >= 4 is 0 Å². The first-order valence-electron chi connectivity index (χ1n) is 8.41. The average Bonchev–Trinajstić information content (AvgIpc) is 3.12. The van der Waals surface area contributed by atoms with Crippen molar-refractivity contribution in [2.75, 3.05) is 33.4 Å². The first kappa shape index (κ1) is 15.0. The van der Waals surface area contributed by atoms with E-state index in [1.54, 1.807) is 18.2 Å². The van der Waals surface area contributed by atoms with Gasteiger partial charge in [-0.15, -0.1) is 0 Å². The van der Waals surface area contributed by atoms with Crippen LogP contribution in [0.1, 0.15) is 36.0 Å². The van der Waals surface area contributed by atoms with E-state index in [2.05, 4.69) is 28.4 Å². The lowest BCUT2D eigenvalue weighted by Crippen LogP contribution is -2.38. The number of hydrogen-bond donors (Lipinski definition) is 1. The maximum absolute atomic E-state index is 5.10. The van der Waals surface area contributed by atoms with Crippen LogP contribution < -0.4 is 5.32 Å². The second-order valence-electron chi connectivity index (χ2n) is 6.42. The summed E-state index contributed by atoms with van der Waals surface area (Å²) in [6, 6.07) is 7.85. The van der Waals surface area contributed by atoms with Gasteiger partial charge >= 0.3 is 0 Å². The quantitative estimate of drug-likeness (QED) is 0.780. The summed E-state index contributed by atoms with van der Waals surface area (Å²) in [6.07, 6.45) is 6.57. The molecule has 1 aliphatic heterocycles. The number of hydrogen-bond acceptors (Lipinski definition) is 3. The van der Waals surface area contributed by atoms with E-state index < -0.39 is 0 Å². The largest absolute Gasteiger partial charge is 0.383 e. The molecule has 21 heavy (non-hydrogen) atoms. The van der Waals surface area contributed by atoms with E-state index in [-0.39, 0.29) is 0 Å². The highest BCUT2D eigenvalue weighted by atomic mass is 16.5. The van der Waals surface area contributed by atoms with Crippen LogP contribution in [0.2, 0.25) is 0 Å². The summed E-state index contributed by atoms with van der Waals surface area (Å²) < 4.78 is 5.10. The molecule has 1 aromatic carbocycles. The maximum atomic E-state index is 5.10. The third-order valence-corrected chi connectivity index (χ3v) is 4.91. The van der Waals surface area contributed by atoms with Crippen LogP contribution in [0.4, 0.5) is 0 Å². The fourth-order valence-corrected chi connectivity index (χ4v) is 3.74. The normalized spacial score (nSPS) is 21.9. The van der Waals surface area contributed by atoms with Crippen molar-refractivity contribution in [2.45, 2.75) is 44.7 Å². The summed E-state index contributed by atoms with van der Waals surface area (Å²) in [5.74, 6) is 0. The van der Waals surface area contributed by atoms with Gasteiger partial charge in [0.2, 0.25) is 0 Å². The Bertz CT molecular complexity index is 461. The number of ether oxygens (including phenoxy) is 1.